The highest BCUT2D eigenvalue weighted by Crippen LogP contribution is 2.24. The van der Waals surface area contributed by atoms with Gasteiger partial charge < -0.3 is 15.2 Å². The fourth-order valence-electron chi connectivity index (χ4n) is 3.24. The average Bonchev–Trinajstić information content (AvgIpc) is 3.29. The van der Waals surface area contributed by atoms with Crippen LogP contribution in [0.5, 0.6) is 0 Å². The standard InChI is InChI=1S/C20H21N5O2S/c1-2-24-17-6-4-3-5-16(17)23-20(24)28-13-18(26)22-14-7-9-15(10-8-14)25-12-11-21-19(25)27/h3-10H,2,11-13H2,1H3,(H,21,27)(H,22,26). The Morgan fingerprint density at radius 3 is 2.71 bits per heavy atom. The summed E-state index contributed by atoms with van der Waals surface area (Å²) in [6.07, 6.45) is 0. The van der Waals surface area contributed by atoms with Gasteiger partial charge in [0.1, 0.15) is 0 Å². The van der Waals surface area contributed by atoms with Crippen molar-refractivity contribution in [3.63, 3.8) is 0 Å². The third-order valence-electron chi connectivity index (χ3n) is 4.59. The number of hydrogen-bond donors (Lipinski definition) is 2. The van der Waals surface area contributed by atoms with Crippen LogP contribution in [0.25, 0.3) is 11.0 Å². The van der Waals surface area contributed by atoms with Gasteiger partial charge in [-0.2, -0.15) is 0 Å². The Morgan fingerprint density at radius 1 is 1.21 bits per heavy atom. The first-order valence-electron chi connectivity index (χ1n) is 9.19. The molecular formula is C20H21N5O2S. The van der Waals surface area contributed by atoms with E-state index in [-0.39, 0.29) is 17.7 Å². The van der Waals surface area contributed by atoms with Crippen LogP contribution in [-0.4, -0.2) is 40.3 Å². The highest BCUT2D eigenvalue weighted by atomic mass is 32.2. The topological polar surface area (TPSA) is 79.3 Å². The number of benzene rings is 2. The monoisotopic (exact) mass is 395 g/mol. The molecule has 3 amide bonds. The van der Waals surface area contributed by atoms with Crippen molar-refractivity contribution >= 4 is 46.1 Å². The zero-order valence-corrected chi connectivity index (χ0v) is 16.3. The molecule has 1 fully saturated rings. The summed E-state index contributed by atoms with van der Waals surface area (Å²) >= 11 is 1.43. The number of rotatable bonds is 6. The molecule has 0 saturated carbocycles. The van der Waals surface area contributed by atoms with Crippen LogP contribution in [0.1, 0.15) is 6.92 Å². The summed E-state index contributed by atoms with van der Waals surface area (Å²) in [7, 11) is 0. The number of aromatic nitrogens is 2. The molecule has 0 bridgehead atoms. The number of urea groups is 1. The van der Waals surface area contributed by atoms with Crippen molar-refractivity contribution in [3.8, 4) is 0 Å². The molecule has 1 aliphatic rings. The Hall–Kier alpha value is -3.00. The first-order chi connectivity index (χ1) is 13.7. The molecule has 0 unspecified atom stereocenters. The third-order valence-corrected chi connectivity index (χ3v) is 5.56. The van der Waals surface area contributed by atoms with Gasteiger partial charge in [-0.05, 0) is 43.3 Å². The largest absolute Gasteiger partial charge is 0.336 e. The molecule has 7 nitrogen and oxygen atoms in total. The second kappa shape index (κ2) is 7.93. The minimum absolute atomic E-state index is 0.0907. The maximum Gasteiger partial charge on any atom is 0.321 e. The Morgan fingerprint density at radius 2 is 2.00 bits per heavy atom. The highest BCUT2D eigenvalue weighted by molar-refractivity contribution is 7.99. The van der Waals surface area contributed by atoms with Gasteiger partial charge in [-0.25, -0.2) is 9.78 Å². The number of carbonyl (C=O) groups is 2. The van der Waals surface area contributed by atoms with E-state index in [9.17, 15) is 9.59 Å². The summed E-state index contributed by atoms with van der Waals surface area (Å²) in [4.78, 5) is 30.4. The van der Waals surface area contributed by atoms with Gasteiger partial charge in [0.2, 0.25) is 5.91 Å². The van der Waals surface area contributed by atoms with E-state index in [4.69, 9.17) is 0 Å². The molecule has 0 aliphatic carbocycles. The minimum Gasteiger partial charge on any atom is -0.336 e. The number of nitrogens with one attached hydrogen (secondary N) is 2. The van der Waals surface area contributed by atoms with Crippen molar-refractivity contribution in [3.05, 3.63) is 48.5 Å². The predicted octanol–water partition coefficient (Wildman–Crippen LogP) is 3.32. The number of nitrogens with zero attached hydrogens (tertiary/aromatic N) is 3. The van der Waals surface area contributed by atoms with Crippen LogP contribution in [-0.2, 0) is 11.3 Å². The van der Waals surface area contributed by atoms with Crippen LogP contribution < -0.4 is 15.5 Å². The number of anilines is 2. The van der Waals surface area contributed by atoms with Crippen LogP contribution in [0.15, 0.2) is 53.7 Å². The molecule has 0 radical (unpaired) electrons. The van der Waals surface area contributed by atoms with Crippen molar-refractivity contribution in [2.75, 3.05) is 29.1 Å². The Labute approximate surface area is 167 Å². The molecule has 144 valence electrons. The average molecular weight is 395 g/mol. The molecule has 0 spiro atoms. The molecule has 1 aliphatic heterocycles. The van der Waals surface area contributed by atoms with Gasteiger partial charge in [-0.15, -0.1) is 0 Å². The summed E-state index contributed by atoms with van der Waals surface area (Å²) in [6, 6.07) is 15.2. The molecular weight excluding hydrogens is 374 g/mol. The molecule has 2 heterocycles. The number of hydrogen-bond acceptors (Lipinski definition) is 4. The SMILES string of the molecule is CCn1c(SCC(=O)Nc2ccc(N3CCNC3=O)cc2)nc2ccccc21. The van der Waals surface area contributed by atoms with E-state index in [0.29, 0.717) is 18.8 Å². The zero-order valence-electron chi connectivity index (χ0n) is 15.5. The van der Waals surface area contributed by atoms with Crippen molar-refractivity contribution in [2.45, 2.75) is 18.6 Å². The maximum atomic E-state index is 12.4. The number of thioether (sulfide) groups is 1. The number of aryl methyl sites for hydroxylation is 1. The van der Waals surface area contributed by atoms with E-state index in [1.54, 1.807) is 4.90 Å². The molecule has 3 aromatic rings. The number of imidazole rings is 1. The lowest BCUT2D eigenvalue weighted by Gasteiger charge is -2.14. The summed E-state index contributed by atoms with van der Waals surface area (Å²) in [5.41, 5.74) is 3.54. The van der Waals surface area contributed by atoms with Crippen LogP contribution in [0.3, 0.4) is 0 Å². The van der Waals surface area contributed by atoms with Gasteiger partial charge in [0.25, 0.3) is 0 Å². The highest BCUT2D eigenvalue weighted by Gasteiger charge is 2.20. The number of carbonyl (C=O) groups excluding carboxylic acids is 2. The molecule has 1 aromatic heterocycles. The lowest BCUT2D eigenvalue weighted by Crippen LogP contribution is -2.27. The summed E-state index contributed by atoms with van der Waals surface area (Å²) in [5.74, 6) is 0.186. The lowest BCUT2D eigenvalue weighted by atomic mass is 10.2. The van der Waals surface area contributed by atoms with Crippen LogP contribution in [0, 0.1) is 0 Å². The van der Waals surface area contributed by atoms with E-state index >= 15 is 0 Å². The Kier molecular flexibility index (Phi) is 5.21. The van der Waals surface area contributed by atoms with Crippen LogP contribution >= 0.6 is 11.8 Å². The number of para-hydroxylation sites is 2. The van der Waals surface area contributed by atoms with Crippen LogP contribution in [0.4, 0.5) is 16.2 Å². The first kappa shape index (κ1) is 18.4. The minimum atomic E-state index is -0.0913. The Bertz CT molecular complexity index is 1020. The second-order valence-corrected chi connectivity index (χ2v) is 7.34. The predicted molar refractivity (Wildman–Crippen MR) is 112 cm³/mol. The maximum absolute atomic E-state index is 12.4. The van der Waals surface area contributed by atoms with Crippen molar-refractivity contribution in [1.82, 2.24) is 14.9 Å². The second-order valence-electron chi connectivity index (χ2n) is 6.39. The molecule has 8 heteroatoms. The van der Waals surface area contributed by atoms with E-state index in [1.807, 2.05) is 48.5 Å². The number of amides is 3. The van der Waals surface area contributed by atoms with E-state index in [0.717, 1.165) is 28.4 Å². The number of fused-ring (bicyclic) bond motifs is 1. The molecule has 2 aromatic carbocycles. The summed E-state index contributed by atoms with van der Waals surface area (Å²) < 4.78 is 2.11. The van der Waals surface area contributed by atoms with Gasteiger partial charge >= 0.3 is 6.03 Å². The van der Waals surface area contributed by atoms with Crippen molar-refractivity contribution < 1.29 is 9.59 Å². The van der Waals surface area contributed by atoms with Gasteiger partial charge in [0, 0.05) is 31.0 Å². The Balaban J connectivity index is 1.38. The van der Waals surface area contributed by atoms with Gasteiger partial charge in [0.15, 0.2) is 5.16 Å². The summed E-state index contributed by atoms with van der Waals surface area (Å²) in [6.45, 7) is 4.17. The first-order valence-corrected chi connectivity index (χ1v) is 10.2. The van der Waals surface area contributed by atoms with E-state index in [2.05, 4.69) is 27.1 Å². The van der Waals surface area contributed by atoms with E-state index in [1.165, 1.54) is 11.8 Å². The molecule has 28 heavy (non-hydrogen) atoms. The zero-order chi connectivity index (χ0) is 19.5. The fraction of sp³-hybridized carbons (Fsp3) is 0.250. The molecule has 0 atom stereocenters. The lowest BCUT2D eigenvalue weighted by molar-refractivity contribution is -0.113. The van der Waals surface area contributed by atoms with Crippen LogP contribution in [0.2, 0.25) is 0 Å². The van der Waals surface area contributed by atoms with E-state index < -0.39 is 0 Å². The van der Waals surface area contributed by atoms with Crippen molar-refractivity contribution in [2.24, 2.45) is 0 Å². The quantitative estimate of drug-likeness (QED) is 0.628. The normalized spacial score (nSPS) is 13.8. The summed E-state index contributed by atoms with van der Waals surface area (Å²) in [5, 5.41) is 6.51. The fourth-order valence-corrected chi connectivity index (χ4v) is 4.12. The van der Waals surface area contributed by atoms with Crippen molar-refractivity contribution in [1.29, 1.82) is 0 Å². The third kappa shape index (κ3) is 3.68. The smallest absolute Gasteiger partial charge is 0.321 e. The molecule has 2 N–H and O–H groups in total. The van der Waals surface area contributed by atoms with Gasteiger partial charge in [0.05, 0.1) is 16.8 Å². The molecule has 1 saturated heterocycles. The van der Waals surface area contributed by atoms with Gasteiger partial charge in [-0.3, -0.25) is 9.69 Å². The molecule has 4 rings (SSSR count). The van der Waals surface area contributed by atoms with Gasteiger partial charge in [-0.1, -0.05) is 23.9 Å².